The minimum Gasteiger partial charge on any atom is -0.436 e. The predicted octanol–water partition coefficient (Wildman–Crippen LogP) is 3.72. The van der Waals surface area contributed by atoms with Crippen molar-refractivity contribution in [2.24, 2.45) is 0 Å². The highest BCUT2D eigenvalue weighted by Gasteiger charge is 2.09. The van der Waals surface area contributed by atoms with E-state index in [1.54, 1.807) is 30.4 Å². The molecule has 1 rings (SSSR count). The standard InChI is InChI=1S/C13H13NO/c1-5-9-10(6-2)13-14-11(7-3)12(8-4)15-13/h5-9H,1-4H2/b10-9+. The Kier molecular flexibility index (Phi) is 3.63. The lowest BCUT2D eigenvalue weighted by atomic mass is 10.2. The molecule has 76 valence electrons. The van der Waals surface area contributed by atoms with Crippen molar-refractivity contribution in [2.75, 3.05) is 0 Å². The fourth-order valence-electron chi connectivity index (χ4n) is 1.11. The third-order valence-corrected chi connectivity index (χ3v) is 1.82. The van der Waals surface area contributed by atoms with Gasteiger partial charge in [-0.25, -0.2) is 4.98 Å². The smallest absolute Gasteiger partial charge is 0.227 e. The molecule has 0 saturated carbocycles. The lowest BCUT2D eigenvalue weighted by Gasteiger charge is -1.91. The van der Waals surface area contributed by atoms with Crippen LogP contribution in [0.2, 0.25) is 0 Å². The molecule has 1 aromatic heterocycles. The van der Waals surface area contributed by atoms with Crippen LogP contribution in [0, 0.1) is 0 Å². The number of aromatic nitrogens is 1. The fraction of sp³-hybridized carbons (Fsp3) is 0. The van der Waals surface area contributed by atoms with Crippen molar-refractivity contribution in [1.82, 2.24) is 4.98 Å². The van der Waals surface area contributed by atoms with Crippen LogP contribution in [0.4, 0.5) is 0 Å². The second kappa shape index (κ2) is 4.96. The Bertz CT molecular complexity index is 410. The molecule has 0 aliphatic carbocycles. The van der Waals surface area contributed by atoms with Gasteiger partial charge in [0, 0.05) is 5.57 Å². The van der Waals surface area contributed by atoms with E-state index in [9.17, 15) is 0 Å². The van der Waals surface area contributed by atoms with Gasteiger partial charge in [-0.1, -0.05) is 44.5 Å². The van der Waals surface area contributed by atoms with Crippen LogP contribution in [0.15, 0.2) is 49.0 Å². The molecule has 0 unspecified atom stereocenters. The molecule has 1 heterocycles. The van der Waals surface area contributed by atoms with Crippen molar-refractivity contribution in [3.8, 4) is 0 Å². The molecule has 0 saturated heterocycles. The van der Waals surface area contributed by atoms with Crippen molar-refractivity contribution >= 4 is 17.7 Å². The molecule has 15 heavy (non-hydrogen) atoms. The zero-order valence-electron chi connectivity index (χ0n) is 8.57. The number of allylic oxidation sites excluding steroid dienone is 4. The van der Waals surface area contributed by atoms with Crippen molar-refractivity contribution in [3.05, 3.63) is 61.9 Å². The minimum absolute atomic E-state index is 0.495. The molecule has 0 bridgehead atoms. The summed E-state index contributed by atoms with van der Waals surface area (Å²) >= 11 is 0. The van der Waals surface area contributed by atoms with Gasteiger partial charge in [0.05, 0.1) is 0 Å². The quantitative estimate of drug-likeness (QED) is 0.675. The highest BCUT2D eigenvalue weighted by atomic mass is 16.4. The van der Waals surface area contributed by atoms with E-state index in [1.165, 1.54) is 0 Å². The maximum absolute atomic E-state index is 5.47. The molecule has 2 heteroatoms. The molecule has 0 N–H and O–H groups in total. The Hall–Kier alpha value is -2.09. The molecule has 0 amide bonds. The Labute approximate surface area is 89.6 Å². The summed E-state index contributed by atoms with van der Waals surface area (Å²) in [7, 11) is 0. The molecular formula is C13H13NO. The molecule has 0 aliphatic rings. The molecule has 0 aliphatic heterocycles. The maximum Gasteiger partial charge on any atom is 0.227 e. The number of oxazole rings is 1. The summed E-state index contributed by atoms with van der Waals surface area (Å²) in [6.45, 7) is 14.6. The summed E-state index contributed by atoms with van der Waals surface area (Å²) in [5, 5.41) is 0. The molecule has 1 aromatic rings. The van der Waals surface area contributed by atoms with Crippen LogP contribution in [0.25, 0.3) is 17.7 Å². The maximum atomic E-state index is 5.47. The van der Waals surface area contributed by atoms with Crippen molar-refractivity contribution in [3.63, 3.8) is 0 Å². The zero-order valence-corrected chi connectivity index (χ0v) is 8.57. The lowest BCUT2D eigenvalue weighted by molar-refractivity contribution is 0.534. The van der Waals surface area contributed by atoms with Crippen LogP contribution in [-0.2, 0) is 0 Å². The van der Waals surface area contributed by atoms with E-state index in [0.717, 1.165) is 5.57 Å². The number of hydrogen-bond donors (Lipinski definition) is 0. The number of rotatable bonds is 5. The third-order valence-electron chi connectivity index (χ3n) is 1.82. The second-order valence-corrected chi connectivity index (χ2v) is 2.74. The molecule has 0 atom stereocenters. The van der Waals surface area contributed by atoms with E-state index in [1.807, 2.05) is 0 Å². The van der Waals surface area contributed by atoms with E-state index in [0.29, 0.717) is 17.3 Å². The van der Waals surface area contributed by atoms with Crippen molar-refractivity contribution in [1.29, 1.82) is 0 Å². The first-order valence-corrected chi connectivity index (χ1v) is 4.48. The fourth-order valence-corrected chi connectivity index (χ4v) is 1.11. The van der Waals surface area contributed by atoms with Gasteiger partial charge < -0.3 is 4.42 Å². The van der Waals surface area contributed by atoms with Crippen LogP contribution in [0.5, 0.6) is 0 Å². The first-order valence-electron chi connectivity index (χ1n) is 4.48. The normalized spacial score (nSPS) is 10.8. The number of hydrogen-bond acceptors (Lipinski definition) is 2. The van der Waals surface area contributed by atoms with Crippen LogP contribution in [0.1, 0.15) is 17.3 Å². The van der Waals surface area contributed by atoms with Crippen LogP contribution >= 0.6 is 0 Å². The summed E-state index contributed by atoms with van der Waals surface area (Å²) in [6, 6.07) is 0. The average Bonchev–Trinajstić information content (AvgIpc) is 2.68. The second-order valence-electron chi connectivity index (χ2n) is 2.74. The molecule has 2 nitrogen and oxygen atoms in total. The Morgan fingerprint density at radius 1 is 1.13 bits per heavy atom. The van der Waals surface area contributed by atoms with Gasteiger partial charge >= 0.3 is 0 Å². The zero-order chi connectivity index (χ0) is 11.3. The van der Waals surface area contributed by atoms with Gasteiger partial charge in [-0.3, -0.25) is 0 Å². The Morgan fingerprint density at radius 2 is 1.87 bits per heavy atom. The first-order chi connectivity index (χ1) is 7.26. The van der Waals surface area contributed by atoms with Gasteiger partial charge in [0.25, 0.3) is 0 Å². The highest BCUT2D eigenvalue weighted by Crippen LogP contribution is 2.20. The molecular weight excluding hydrogens is 186 g/mol. The van der Waals surface area contributed by atoms with E-state index < -0.39 is 0 Å². The van der Waals surface area contributed by atoms with Gasteiger partial charge in [-0.15, -0.1) is 0 Å². The SMILES string of the molecule is C=C/C=C(\C=C)c1nc(C=C)c(C=C)o1. The number of nitrogens with zero attached hydrogens (tertiary/aromatic N) is 1. The van der Waals surface area contributed by atoms with E-state index in [2.05, 4.69) is 31.3 Å². The van der Waals surface area contributed by atoms with E-state index in [4.69, 9.17) is 4.42 Å². The van der Waals surface area contributed by atoms with Crippen LogP contribution in [0.3, 0.4) is 0 Å². The summed E-state index contributed by atoms with van der Waals surface area (Å²) in [6.07, 6.45) is 8.31. The monoisotopic (exact) mass is 199 g/mol. The lowest BCUT2D eigenvalue weighted by Crippen LogP contribution is -1.80. The van der Waals surface area contributed by atoms with Gasteiger partial charge in [0.2, 0.25) is 5.89 Å². The van der Waals surface area contributed by atoms with Crippen LogP contribution < -0.4 is 0 Å². The molecule has 0 aromatic carbocycles. The van der Waals surface area contributed by atoms with Crippen LogP contribution in [-0.4, -0.2) is 4.98 Å². The van der Waals surface area contributed by atoms with Gasteiger partial charge in [-0.2, -0.15) is 0 Å². The van der Waals surface area contributed by atoms with Gasteiger partial charge in [0.1, 0.15) is 5.69 Å². The predicted molar refractivity (Wildman–Crippen MR) is 65.1 cm³/mol. The van der Waals surface area contributed by atoms with E-state index in [-0.39, 0.29) is 0 Å². The van der Waals surface area contributed by atoms with Gasteiger partial charge in [-0.05, 0) is 12.2 Å². The summed E-state index contributed by atoms with van der Waals surface area (Å²) < 4.78 is 5.47. The first kappa shape index (κ1) is 11.0. The van der Waals surface area contributed by atoms with Crippen molar-refractivity contribution < 1.29 is 4.42 Å². The largest absolute Gasteiger partial charge is 0.436 e. The van der Waals surface area contributed by atoms with Gasteiger partial charge in [0.15, 0.2) is 5.76 Å². The van der Waals surface area contributed by atoms with Crippen molar-refractivity contribution in [2.45, 2.75) is 0 Å². The molecule has 0 spiro atoms. The molecule has 0 radical (unpaired) electrons. The summed E-state index contributed by atoms with van der Waals surface area (Å²) in [5.74, 6) is 1.10. The topological polar surface area (TPSA) is 26.0 Å². The molecule has 0 fully saturated rings. The summed E-state index contributed by atoms with van der Waals surface area (Å²) in [4.78, 5) is 4.25. The summed E-state index contributed by atoms with van der Waals surface area (Å²) in [5.41, 5.74) is 1.46. The Morgan fingerprint density at radius 3 is 2.27 bits per heavy atom. The van der Waals surface area contributed by atoms with E-state index >= 15 is 0 Å². The average molecular weight is 199 g/mol. The Balaban J connectivity index is 3.25. The third kappa shape index (κ3) is 2.23. The highest BCUT2D eigenvalue weighted by molar-refractivity contribution is 5.71. The minimum atomic E-state index is 0.495.